The first-order chi connectivity index (χ1) is 15.3. The zero-order chi connectivity index (χ0) is 23.3. The van der Waals surface area contributed by atoms with Crippen molar-refractivity contribution in [2.75, 3.05) is 6.54 Å². The van der Waals surface area contributed by atoms with E-state index < -0.39 is 35.8 Å². The molecule has 9 heteroatoms. The quantitative estimate of drug-likeness (QED) is 0.434. The molecular formula is C24H26N3NaO5. The molecule has 8 nitrogen and oxygen atoms in total. The van der Waals surface area contributed by atoms with Crippen LogP contribution in [0.4, 0.5) is 4.79 Å². The summed E-state index contributed by atoms with van der Waals surface area (Å²) in [5, 5.41) is 14.4. The van der Waals surface area contributed by atoms with Crippen molar-refractivity contribution in [1.29, 1.82) is 0 Å². The average Bonchev–Trinajstić information content (AvgIpc) is 2.79. The summed E-state index contributed by atoms with van der Waals surface area (Å²) in [7, 11) is 0. The van der Waals surface area contributed by atoms with Crippen molar-refractivity contribution in [3.8, 4) is 11.1 Å². The summed E-state index contributed by atoms with van der Waals surface area (Å²) >= 11 is 0. The van der Waals surface area contributed by atoms with Gasteiger partial charge in [-0.1, -0.05) is 48.5 Å². The standard InChI is InChI=1S/C24H25N3O5.Na.H/c1-3-27-14-15(2)22(30)21(23(27)31)26-24(32)25-19(13-20(28)29)18-11-7-10-17(12-18)16-8-5-4-6-9-16;;/h4-12,14,19,21H,3,13H2,1-2H3,(H,28,29)(H2,25,26,32);;. The summed E-state index contributed by atoms with van der Waals surface area (Å²) < 4.78 is 0. The summed E-state index contributed by atoms with van der Waals surface area (Å²) in [5.41, 5.74) is 2.77. The number of ketones is 1. The molecule has 2 aromatic carbocycles. The Bertz CT molecular complexity index is 1070. The van der Waals surface area contributed by atoms with Crippen molar-refractivity contribution in [3.63, 3.8) is 0 Å². The van der Waals surface area contributed by atoms with Crippen molar-refractivity contribution in [2.45, 2.75) is 32.4 Å². The molecule has 0 radical (unpaired) electrons. The van der Waals surface area contributed by atoms with Crippen LogP contribution < -0.4 is 10.6 Å². The number of carbonyl (C=O) groups is 4. The number of hydrogen-bond acceptors (Lipinski definition) is 4. The molecule has 1 aliphatic heterocycles. The van der Waals surface area contributed by atoms with E-state index in [9.17, 15) is 24.3 Å². The SMILES string of the molecule is CCN1C=C(C)C(=O)C(NC(=O)NC(CC(=O)O)c2cccc(-c3ccccc3)c2)C1=O.[NaH]. The number of nitrogens with zero attached hydrogens (tertiary/aromatic N) is 1. The first-order valence-corrected chi connectivity index (χ1v) is 10.3. The Morgan fingerprint density at radius 2 is 1.73 bits per heavy atom. The second-order valence-electron chi connectivity index (χ2n) is 7.49. The number of nitrogens with one attached hydrogen (secondary N) is 2. The first kappa shape index (κ1) is 26.3. The van der Waals surface area contributed by atoms with Gasteiger partial charge in [0.25, 0.3) is 5.91 Å². The maximum atomic E-state index is 12.7. The van der Waals surface area contributed by atoms with Crippen LogP contribution in [0.2, 0.25) is 0 Å². The van der Waals surface area contributed by atoms with E-state index in [1.54, 1.807) is 26.0 Å². The van der Waals surface area contributed by atoms with E-state index in [4.69, 9.17) is 0 Å². The molecule has 0 bridgehead atoms. The number of rotatable bonds is 7. The van der Waals surface area contributed by atoms with Gasteiger partial charge in [-0.05, 0) is 36.6 Å². The van der Waals surface area contributed by atoms with Gasteiger partial charge < -0.3 is 20.6 Å². The third kappa shape index (κ3) is 6.54. The molecule has 1 heterocycles. The Labute approximate surface area is 214 Å². The maximum absolute atomic E-state index is 12.7. The van der Waals surface area contributed by atoms with E-state index in [1.165, 1.54) is 11.1 Å². The van der Waals surface area contributed by atoms with Gasteiger partial charge in [0.1, 0.15) is 0 Å². The fourth-order valence-electron chi connectivity index (χ4n) is 3.56. The van der Waals surface area contributed by atoms with Gasteiger partial charge in [-0.2, -0.15) is 0 Å². The van der Waals surface area contributed by atoms with Gasteiger partial charge in [0.05, 0.1) is 12.5 Å². The molecule has 0 aromatic heterocycles. The Balaban J connectivity index is 0.00000385. The number of carboxylic acid groups (broad SMARTS) is 1. The molecule has 3 rings (SSSR count). The van der Waals surface area contributed by atoms with Gasteiger partial charge >= 0.3 is 41.6 Å². The fourth-order valence-corrected chi connectivity index (χ4v) is 3.56. The number of amides is 3. The Kier molecular flexibility index (Phi) is 9.40. The number of carboxylic acids is 1. The minimum atomic E-state index is -1.35. The second kappa shape index (κ2) is 11.8. The number of Topliss-reactive ketones (excluding diaryl/α,β-unsaturated/α-hetero) is 1. The summed E-state index contributed by atoms with van der Waals surface area (Å²) in [4.78, 5) is 50.4. The van der Waals surface area contributed by atoms with Gasteiger partial charge in [-0.3, -0.25) is 14.4 Å². The molecule has 1 aliphatic rings. The Morgan fingerprint density at radius 1 is 1.06 bits per heavy atom. The van der Waals surface area contributed by atoms with Crippen LogP contribution in [0.3, 0.4) is 0 Å². The molecule has 0 saturated heterocycles. The molecule has 3 N–H and O–H groups in total. The average molecular weight is 459 g/mol. The van der Waals surface area contributed by atoms with E-state index in [0.717, 1.165) is 11.1 Å². The molecule has 168 valence electrons. The van der Waals surface area contributed by atoms with Gasteiger partial charge in [0, 0.05) is 18.3 Å². The topological polar surface area (TPSA) is 116 Å². The molecule has 0 fully saturated rings. The number of hydrogen-bond donors (Lipinski definition) is 3. The van der Waals surface area contributed by atoms with Crippen LogP contribution in [0.1, 0.15) is 31.9 Å². The van der Waals surface area contributed by atoms with Gasteiger partial charge in [0.15, 0.2) is 11.8 Å². The van der Waals surface area contributed by atoms with E-state index >= 15 is 0 Å². The van der Waals surface area contributed by atoms with Crippen LogP contribution in [-0.4, -0.2) is 75.8 Å². The molecule has 3 amide bonds. The molecule has 2 aromatic rings. The number of likely N-dealkylation sites (N-methyl/N-ethyl adjacent to an activating group) is 1. The van der Waals surface area contributed by atoms with Gasteiger partial charge in [0.2, 0.25) is 0 Å². The van der Waals surface area contributed by atoms with E-state index in [-0.39, 0.29) is 36.0 Å². The molecule has 33 heavy (non-hydrogen) atoms. The van der Waals surface area contributed by atoms with Crippen LogP contribution in [0.5, 0.6) is 0 Å². The van der Waals surface area contributed by atoms with Gasteiger partial charge in [-0.25, -0.2) is 4.79 Å². The van der Waals surface area contributed by atoms with Crippen LogP contribution in [0.25, 0.3) is 11.1 Å². The van der Waals surface area contributed by atoms with E-state index in [2.05, 4.69) is 10.6 Å². The molecule has 2 atom stereocenters. The summed E-state index contributed by atoms with van der Waals surface area (Å²) in [6, 6.07) is 13.8. The molecular weight excluding hydrogens is 433 g/mol. The number of aliphatic carboxylic acids is 1. The third-order valence-electron chi connectivity index (χ3n) is 5.23. The molecule has 0 saturated carbocycles. The number of benzene rings is 2. The van der Waals surface area contributed by atoms with Crippen LogP contribution in [-0.2, 0) is 14.4 Å². The van der Waals surface area contributed by atoms with Crippen LogP contribution >= 0.6 is 0 Å². The summed E-state index contributed by atoms with van der Waals surface area (Å²) in [5.74, 6) is -2.11. The van der Waals surface area contributed by atoms with Crippen molar-refractivity contribution >= 4 is 53.2 Å². The van der Waals surface area contributed by atoms with Crippen molar-refractivity contribution in [3.05, 3.63) is 71.9 Å². The van der Waals surface area contributed by atoms with E-state index in [0.29, 0.717) is 17.7 Å². The van der Waals surface area contributed by atoms with Crippen LogP contribution in [0.15, 0.2) is 66.4 Å². The summed E-state index contributed by atoms with van der Waals surface area (Å²) in [6.45, 7) is 3.70. The first-order valence-electron chi connectivity index (χ1n) is 10.3. The monoisotopic (exact) mass is 459 g/mol. The zero-order valence-corrected chi connectivity index (χ0v) is 17.9. The fraction of sp³-hybridized carbons (Fsp3) is 0.250. The Hall–Kier alpha value is -2.94. The van der Waals surface area contributed by atoms with Crippen molar-refractivity contribution < 1.29 is 24.3 Å². The predicted octanol–water partition coefficient (Wildman–Crippen LogP) is 2.22. The molecule has 0 aliphatic carbocycles. The normalized spacial score (nSPS) is 16.4. The van der Waals surface area contributed by atoms with E-state index in [1.807, 2.05) is 42.5 Å². The van der Waals surface area contributed by atoms with Crippen molar-refractivity contribution in [2.24, 2.45) is 0 Å². The second-order valence-corrected chi connectivity index (χ2v) is 7.49. The third-order valence-corrected chi connectivity index (χ3v) is 5.23. The zero-order valence-electron chi connectivity index (χ0n) is 17.9. The molecule has 0 spiro atoms. The number of urea groups is 1. The van der Waals surface area contributed by atoms with Crippen molar-refractivity contribution in [1.82, 2.24) is 15.5 Å². The number of carbonyl (C=O) groups excluding carboxylic acids is 3. The van der Waals surface area contributed by atoms with Gasteiger partial charge in [-0.15, -0.1) is 0 Å². The molecule has 2 unspecified atom stereocenters. The van der Waals surface area contributed by atoms with Crippen LogP contribution in [0, 0.1) is 0 Å². The minimum absolute atomic E-state index is 0. The summed E-state index contributed by atoms with van der Waals surface area (Å²) in [6.07, 6.45) is 1.10. The predicted molar refractivity (Wildman–Crippen MR) is 126 cm³/mol. The Morgan fingerprint density at radius 3 is 2.36 bits per heavy atom.